The molecule has 0 saturated carbocycles. The first-order chi connectivity index (χ1) is 8.67. The third-order valence-electron chi connectivity index (χ3n) is 3.45. The van der Waals surface area contributed by atoms with Gasteiger partial charge in [0, 0.05) is 6.04 Å². The Morgan fingerprint density at radius 2 is 1.67 bits per heavy atom. The Kier molecular flexibility index (Phi) is 7.04. The Labute approximate surface area is 113 Å². The summed E-state index contributed by atoms with van der Waals surface area (Å²) in [5.74, 6) is 0.628. The summed E-state index contributed by atoms with van der Waals surface area (Å²) in [6, 6.07) is 9.79. The lowest BCUT2D eigenvalue weighted by Crippen LogP contribution is -2.31. The molecule has 0 saturated heterocycles. The first kappa shape index (κ1) is 15.2. The van der Waals surface area contributed by atoms with E-state index in [1.165, 1.54) is 30.4 Å². The smallest absolute Gasteiger partial charge is 0.0107 e. The highest BCUT2D eigenvalue weighted by Gasteiger charge is 2.08. The zero-order valence-electron chi connectivity index (χ0n) is 12.5. The van der Waals surface area contributed by atoms with Crippen LogP contribution in [0.1, 0.15) is 64.0 Å². The molecular formula is C17H29N. The van der Waals surface area contributed by atoms with Crippen molar-refractivity contribution in [2.45, 2.75) is 65.3 Å². The Bertz CT molecular complexity index is 313. The number of hydrogen-bond donors (Lipinski definition) is 1. The predicted octanol–water partition coefficient (Wildman–Crippen LogP) is 4.52. The predicted molar refractivity (Wildman–Crippen MR) is 81.2 cm³/mol. The molecule has 1 atom stereocenters. The highest BCUT2D eigenvalue weighted by molar-refractivity contribution is 5.25. The van der Waals surface area contributed by atoms with Crippen molar-refractivity contribution in [3.8, 4) is 0 Å². The molecule has 1 nitrogen and oxygen atoms in total. The Balaban J connectivity index is 2.56. The Morgan fingerprint density at radius 1 is 1.00 bits per heavy atom. The summed E-state index contributed by atoms with van der Waals surface area (Å²) < 4.78 is 0. The highest BCUT2D eigenvalue weighted by atomic mass is 14.9. The van der Waals surface area contributed by atoms with Crippen LogP contribution in [0.2, 0.25) is 0 Å². The molecule has 1 aromatic rings. The maximum atomic E-state index is 3.66. The van der Waals surface area contributed by atoms with Gasteiger partial charge in [-0.2, -0.15) is 0 Å². The molecule has 18 heavy (non-hydrogen) atoms. The molecule has 0 aliphatic carbocycles. The second-order valence-electron chi connectivity index (χ2n) is 5.54. The molecule has 102 valence electrons. The maximum absolute atomic E-state index is 3.66. The lowest BCUT2D eigenvalue weighted by Gasteiger charge is -2.18. The van der Waals surface area contributed by atoms with E-state index in [-0.39, 0.29) is 0 Å². The summed E-state index contributed by atoms with van der Waals surface area (Å²) >= 11 is 0. The minimum atomic E-state index is 0.628. The van der Waals surface area contributed by atoms with Crippen molar-refractivity contribution >= 4 is 0 Å². The van der Waals surface area contributed by atoms with Gasteiger partial charge in [0.05, 0.1) is 0 Å². The fraction of sp³-hybridized carbons (Fsp3) is 0.647. The molecule has 1 heteroatoms. The summed E-state index contributed by atoms with van der Waals surface area (Å²) in [6.45, 7) is 10.1. The van der Waals surface area contributed by atoms with Gasteiger partial charge in [0.25, 0.3) is 0 Å². The first-order valence-corrected chi connectivity index (χ1v) is 7.49. The van der Waals surface area contributed by atoms with E-state index >= 15 is 0 Å². The summed E-state index contributed by atoms with van der Waals surface area (Å²) in [5.41, 5.74) is 2.90. The minimum absolute atomic E-state index is 0.628. The Hall–Kier alpha value is -0.820. The normalized spacial score (nSPS) is 12.9. The minimum Gasteiger partial charge on any atom is -0.314 e. The summed E-state index contributed by atoms with van der Waals surface area (Å²) in [7, 11) is 0. The zero-order chi connectivity index (χ0) is 13.4. The number of rotatable bonds is 8. The van der Waals surface area contributed by atoms with Gasteiger partial charge in [-0.05, 0) is 42.9 Å². The van der Waals surface area contributed by atoms with Crippen LogP contribution in [0.15, 0.2) is 24.3 Å². The van der Waals surface area contributed by atoms with Crippen LogP contribution in [0.3, 0.4) is 0 Å². The van der Waals surface area contributed by atoms with Gasteiger partial charge in [-0.15, -0.1) is 0 Å². The fourth-order valence-electron chi connectivity index (χ4n) is 2.30. The van der Waals surface area contributed by atoms with Crippen molar-refractivity contribution in [3.05, 3.63) is 35.4 Å². The lowest BCUT2D eigenvalue weighted by molar-refractivity contribution is 0.473. The van der Waals surface area contributed by atoms with Crippen LogP contribution < -0.4 is 5.32 Å². The zero-order valence-corrected chi connectivity index (χ0v) is 12.5. The summed E-state index contributed by atoms with van der Waals surface area (Å²) in [6.07, 6.45) is 4.90. The third-order valence-corrected chi connectivity index (χ3v) is 3.45. The molecule has 0 spiro atoms. The van der Waals surface area contributed by atoms with E-state index < -0.39 is 0 Å². The SMILES string of the molecule is CCCNC(CCC)Cc1ccc(C(C)C)cc1. The molecule has 0 aromatic heterocycles. The molecule has 0 bridgehead atoms. The third kappa shape index (κ3) is 5.22. The van der Waals surface area contributed by atoms with Crippen LogP contribution in [0.4, 0.5) is 0 Å². The van der Waals surface area contributed by atoms with Crippen molar-refractivity contribution in [1.82, 2.24) is 5.32 Å². The molecule has 0 radical (unpaired) electrons. The lowest BCUT2D eigenvalue weighted by atomic mass is 9.97. The van der Waals surface area contributed by atoms with E-state index in [0.717, 1.165) is 13.0 Å². The van der Waals surface area contributed by atoms with Gasteiger partial charge in [0.1, 0.15) is 0 Å². The molecule has 1 aromatic carbocycles. The molecule has 1 N–H and O–H groups in total. The average molecular weight is 247 g/mol. The fourth-order valence-corrected chi connectivity index (χ4v) is 2.30. The average Bonchev–Trinajstić information content (AvgIpc) is 2.37. The van der Waals surface area contributed by atoms with E-state index in [9.17, 15) is 0 Å². The molecular weight excluding hydrogens is 218 g/mol. The topological polar surface area (TPSA) is 12.0 Å². The summed E-state index contributed by atoms with van der Waals surface area (Å²) in [5, 5.41) is 3.66. The number of nitrogens with one attached hydrogen (secondary N) is 1. The first-order valence-electron chi connectivity index (χ1n) is 7.49. The van der Waals surface area contributed by atoms with Crippen LogP contribution in [0.25, 0.3) is 0 Å². The van der Waals surface area contributed by atoms with E-state index in [1.807, 2.05) is 0 Å². The quantitative estimate of drug-likeness (QED) is 0.712. The van der Waals surface area contributed by atoms with Crippen molar-refractivity contribution in [2.24, 2.45) is 0 Å². The van der Waals surface area contributed by atoms with E-state index in [0.29, 0.717) is 12.0 Å². The van der Waals surface area contributed by atoms with E-state index in [2.05, 4.69) is 57.3 Å². The van der Waals surface area contributed by atoms with Crippen LogP contribution >= 0.6 is 0 Å². The van der Waals surface area contributed by atoms with Crippen LogP contribution in [-0.4, -0.2) is 12.6 Å². The van der Waals surface area contributed by atoms with Crippen LogP contribution in [-0.2, 0) is 6.42 Å². The highest BCUT2D eigenvalue weighted by Crippen LogP contribution is 2.16. The molecule has 1 unspecified atom stereocenters. The maximum Gasteiger partial charge on any atom is 0.0107 e. The van der Waals surface area contributed by atoms with Gasteiger partial charge in [0.15, 0.2) is 0 Å². The van der Waals surface area contributed by atoms with Gasteiger partial charge < -0.3 is 5.32 Å². The van der Waals surface area contributed by atoms with Gasteiger partial charge in [-0.1, -0.05) is 58.4 Å². The van der Waals surface area contributed by atoms with Gasteiger partial charge >= 0.3 is 0 Å². The second-order valence-corrected chi connectivity index (χ2v) is 5.54. The number of benzene rings is 1. The monoisotopic (exact) mass is 247 g/mol. The van der Waals surface area contributed by atoms with Crippen molar-refractivity contribution < 1.29 is 0 Å². The Morgan fingerprint density at radius 3 is 2.17 bits per heavy atom. The molecule has 0 heterocycles. The van der Waals surface area contributed by atoms with Crippen molar-refractivity contribution in [1.29, 1.82) is 0 Å². The molecule has 0 amide bonds. The van der Waals surface area contributed by atoms with Gasteiger partial charge in [-0.3, -0.25) is 0 Å². The molecule has 0 aliphatic heterocycles. The van der Waals surface area contributed by atoms with Gasteiger partial charge in [-0.25, -0.2) is 0 Å². The van der Waals surface area contributed by atoms with Gasteiger partial charge in [0.2, 0.25) is 0 Å². The molecule has 0 aliphatic rings. The van der Waals surface area contributed by atoms with E-state index in [1.54, 1.807) is 0 Å². The van der Waals surface area contributed by atoms with Crippen LogP contribution in [0, 0.1) is 0 Å². The molecule has 0 fully saturated rings. The number of hydrogen-bond acceptors (Lipinski definition) is 1. The van der Waals surface area contributed by atoms with Crippen molar-refractivity contribution in [2.75, 3.05) is 6.54 Å². The van der Waals surface area contributed by atoms with Crippen LogP contribution in [0.5, 0.6) is 0 Å². The van der Waals surface area contributed by atoms with E-state index in [4.69, 9.17) is 0 Å². The molecule has 1 rings (SSSR count). The standard InChI is InChI=1S/C17H29N/c1-5-7-17(18-12-6-2)13-15-8-10-16(11-9-15)14(3)4/h8-11,14,17-18H,5-7,12-13H2,1-4H3. The second kappa shape index (κ2) is 8.31. The summed E-state index contributed by atoms with van der Waals surface area (Å²) in [4.78, 5) is 0. The van der Waals surface area contributed by atoms with Crippen molar-refractivity contribution in [3.63, 3.8) is 0 Å². The largest absolute Gasteiger partial charge is 0.314 e.